The van der Waals surface area contributed by atoms with Gasteiger partial charge in [-0.25, -0.2) is 9.97 Å². The van der Waals surface area contributed by atoms with Crippen LogP contribution in [0.4, 0.5) is 13.2 Å². The van der Waals surface area contributed by atoms with Gasteiger partial charge in [0, 0.05) is 12.4 Å². The Labute approximate surface area is 99.5 Å². The van der Waals surface area contributed by atoms with E-state index in [1.54, 1.807) is 0 Å². The molecule has 0 N–H and O–H groups in total. The van der Waals surface area contributed by atoms with Crippen molar-refractivity contribution in [3.63, 3.8) is 0 Å². The van der Waals surface area contributed by atoms with E-state index < -0.39 is 11.7 Å². The van der Waals surface area contributed by atoms with Crippen molar-refractivity contribution < 1.29 is 18.0 Å². The molecule has 0 aliphatic rings. The van der Waals surface area contributed by atoms with Crippen LogP contribution in [0.2, 0.25) is 0 Å². The summed E-state index contributed by atoms with van der Waals surface area (Å²) in [5, 5.41) is 0. The fraction of sp³-hybridized carbons (Fsp3) is 0.0909. The molecule has 92 valence electrons. The summed E-state index contributed by atoms with van der Waals surface area (Å²) in [5.41, 5.74) is -0.536. The van der Waals surface area contributed by atoms with Crippen molar-refractivity contribution in [2.45, 2.75) is 6.18 Å². The number of halogens is 3. The highest BCUT2D eigenvalue weighted by Gasteiger charge is 2.30. The van der Waals surface area contributed by atoms with Gasteiger partial charge in [0.1, 0.15) is 11.4 Å². The largest absolute Gasteiger partial charge is 0.417 e. The molecule has 7 heteroatoms. The quantitative estimate of drug-likeness (QED) is 0.771. The molecule has 2 aromatic heterocycles. The third kappa shape index (κ3) is 2.50. The lowest BCUT2D eigenvalue weighted by Crippen LogP contribution is -2.05. The molecule has 2 rings (SSSR count). The molecule has 0 atom stereocenters. The van der Waals surface area contributed by atoms with Gasteiger partial charge in [0.25, 0.3) is 0 Å². The number of pyridine rings is 1. The van der Waals surface area contributed by atoms with E-state index in [0.717, 1.165) is 12.1 Å². The second kappa shape index (κ2) is 4.52. The van der Waals surface area contributed by atoms with Crippen LogP contribution in [0.15, 0.2) is 30.6 Å². The molecule has 0 aromatic carbocycles. The Bertz CT molecular complexity index is 566. The summed E-state index contributed by atoms with van der Waals surface area (Å²) in [6, 6.07) is 3.44. The highest BCUT2D eigenvalue weighted by molar-refractivity contribution is 5.72. The molecule has 0 fully saturated rings. The van der Waals surface area contributed by atoms with Gasteiger partial charge in [-0.3, -0.25) is 9.78 Å². The van der Waals surface area contributed by atoms with Crippen molar-refractivity contribution in [2.75, 3.05) is 0 Å². The third-order valence-corrected chi connectivity index (χ3v) is 2.12. The standard InChI is InChI=1S/C11H6F3N3O/c12-11(13,14)7-1-2-9(16-5-7)10-15-4-3-8(6-18)17-10/h1-6H. The zero-order valence-corrected chi connectivity index (χ0v) is 8.85. The lowest BCUT2D eigenvalue weighted by molar-refractivity contribution is -0.137. The van der Waals surface area contributed by atoms with E-state index in [2.05, 4.69) is 15.0 Å². The summed E-state index contributed by atoms with van der Waals surface area (Å²) in [7, 11) is 0. The van der Waals surface area contributed by atoms with Gasteiger partial charge in [-0.2, -0.15) is 13.2 Å². The van der Waals surface area contributed by atoms with Crippen LogP contribution in [0.3, 0.4) is 0 Å². The first-order chi connectivity index (χ1) is 8.50. The normalized spacial score (nSPS) is 11.3. The Kier molecular flexibility index (Phi) is 3.05. The average molecular weight is 253 g/mol. The van der Waals surface area contributed by atoms with Gasteiger partial charge in [-0.05, 0) is 18.2 Å². The molecule has 0 aliphatic carbocycles. The van der Waals surface area contributed by atoms with Crippen molar-refractivity contribution in [3.8, 4) is 11.5 Å². The number of aromatic nitrogens is 3. The average Bonchev–Trinajstić information content (AvgIpc) is 2.38. The lowest BCUT2D eigenvalue weighted by Gasteiger charge is -2.06. The Morgan fingerprint density at radius 2 is 1.89 bits per heavy atom. The minimum Gasteiger partial charge on any atom is -0.296 e. The number of aldehydes is 1. The van der Waals surface area contributed by atoms with E-state index in [9.17, 15) is 18.0 Å². The van der Waals surface area contributed by atoms with E-state index >= 15 is 0 Å². The lowest BCUT2D eigenvalue weighted by atomic mass is 10.2. The molecule has 0 aliphatic heterocycles. The Morgan fingerprint density at radius 3 is 2.44 bits per heavy atom. The van der Waals surface area contributed by atoms with Crippen LogP contribution < -0.4 is 0 Å². The molecular formula is C11H6F3N3O. The summed E-state index contributed by atoms with van der Waals surface area (Å²) in [6.45, 7) is 0. The zero-order valence-electron chi connectivity index (χ0n) is 8.85. The van der Waals surface area contributed by atoms with Gasteiger partial charge < -0.3 is 0 Å². The fourth-order valence-electron chi connectivity index (χ4n) is 1.26. The monoisotopic (exact) mass is 253 g/mol. The highest BCUT2D eigenvalue weighted by atomic mass is 19.4. The maximum atomic E-state index is 12.3. The maximum Gasteiger partial charge on any atom is 0.417 e. The summed E-state index contributed by atoms with van der Waals surface area (Å²) < 4.78 is 37.0. The molecule has 0 saturated carbocycles. The van der Waals surface area contributed by atoms with E-state index in [-0.39, 0.29) is 17.2 Å². The first-order valence-electron chi connectivity index (χ1n) is 4.82. The van der Waals surface area contributed by atoms with Gasteiger partial charge >= 0.3 is 6.18 Å². The van der Waals surface area contributed by atoms with Crippen LogP contribution in [0, 0.1) is 0 Å². The molecule has 0 saturated heterocycles. The third-order valence-electron chi connectivity index (χ3n) is 2.12. The van der Waals surface area contributed by atoms with Crippen LogP contribution in [0.25, 0.3) is 11.5 Å². The van der Waals surface area contributed by atoms with Crippen LogP contribution in [-0.4, -0.2) is 21.2 Å². The molecule has 0 bridgehead atoms. The van der Waals surface area contributed by atoms with Gasteiger partial charge in [-0.15, -0.1) is 0 Å². The minimum atomic E-state index is -4.43. The first-order valence-corrected chi connectivity index (χ1v) is 4.82. The van der Waals surface area contributed by atoms with Crippen LogP contribution >= 0.6 is 0 Å². The van der Waals surface area contributed by atoms with Gasteiger partial charge in [-0.1, -0.05) is 0 Å². The predicted molar refractivity (Wildman–Crippen MR) is 55.7 cm³/mol. The first kappa shape index (κ1) is 12.2. The number of hydrogen-bond acceptors (Lipinski definition) is 4. The van der Waals surface area contributed by atoms with Crippen molar-refractivity contribution >= 4 is 6.29 Å². The van der Waals surface area contributed by atoms with Crippen LogP contribution in [0.1, 0.15) is 16.1 Å². The molecule has 4 nitrogen and oxygen atoms in total. The molecular weight excluding hydrogens is 247 g/mol. The maximum absolute atomic E-state index is 12.3. The van der Waals surface area contributed by atoms with Crippen LogP contribution in [-0.2, 0) is 6.18 Å². The smallest absolute Gasteiger partial charge is 0.296 e. The molecule has 2 heterocycles. The second-order valence-electron chi connectivity index (χ2n) is 3.35. The Balaban J connectivity index is 2.37. The predicted octanol–water partition coefficient (Wildman–Crippen LogP) is 2.37. The van der Waals surface area contributed by atoms with Gasteiger partial charge in [0.05, 0.1) is 5.56 Å². The van der Waals surface area contributed by atoms with E-state index in [1.165, 1.54) is 12.3 Å². The summed E-state index contributed by atoms with van der Waals surface area (Å²) in [6.07, 6.45) is -1.87. The van der Waals surface area contributed by atoms with E-state index in [0.29, 0.717) is 12.5 Å². The SMILES string of the molecule is O=Cc1ccnc(-c2ccc(C(F)(F)F)cn2)n1. The Hall–Kier alpha value is -2.31. The number of alkyl halides is 3. The number of hydrogen-bond donors (Lipinski definition) is 0. The van der Waals surface area contributed by atoms with E-state index in [4.69, 9.17) is 0 Å². The fourth-order valence-corrected chi connectivity index (χ4v) is 1.26. The van der Waals surface area contributed by atoms with Crippen molar-refractivity contribution in [3.05, 3.63) is 41.9 Å². The van der Waals surface area contributed by atoms with E-state index in [1.807, 2.05) is 0 Å². The molecule has 18 heavy (non-hydrogen) atoms. The number of rotatable bonds is 2. The van der Waals surface area contributed by atoms with Crippen LogP contribution in [0.5, 0.6) is 0 Å². The zero-order chi connectivity index (χ0) is 13.2. The minimum absolute atomic E-state index is 0.105. The summed E-state index contributed by atoms with van der Waals surface area (Å²) >= 11 is 0. The Morgan fingerprint density at radius 1 is 1.11 bits per heavy atom. The van der Waals surface area contributed by atoms with Crippen molar-refractivity contribution in [1.82, 2.24) is 15.0 Å². The van der Waals surface area contributed by atoms with Crippen molar-refractivity contribution in [1.29, 1.82) is 0 Å². The summed E-state index contributed by atoms with van der Waals surface area (Å²) in [4.78, 5) is 21.8. The topological polar surface area (TPSA) is 55.7 Å². The second-order valence-corrected chi connectivity index (χ2v) is 3.35. The molecule has 2 aromatic rings. The van der Waals surface area contributed by atoms with Gasteiger partial charge in [0.15, 0.2) is 12.1 Å². The van der Waals surface area contributed by atoms with Crippen molar-refractivity contribution in [2.24, 2.45) is 0 Å². The molecule has 0 unspecified atom stereocenters. The summed E-state index contributed by atoms with van der Waals surface area (Å²) in [5.74, 6) is 0.105. The molecule has 0 spiro atoms. The number of carbonyl (C=O) groups is 1. The molecule has 0 amide bonds. The number of nitrogens with zero attached hydrogens (tertiary/aromatic N) is 3. The highest BCUT2D eigenvalue weighted by Crippen LogP contribution is 2.29. The molecule has 0 radical (unpaired) electrons. The van der Waals surface area contributed by atoms with Gasteiger partial charge in [0.2, 0.25) is 0 Å². The number of carbonyl (C=O) groups excluding carboxylic acids is 1.